The summed E-state index contributed by atoms with van der Waals surface area (Å²) < 4.78 is 4.55. The van der Waals surface area contributed by atoms with Crippen LogP contribution < -0.4 is 0 Å². The monoisotopic (exact) mass is 270 g/mol. The van der Waals surface area contributed by atoms with Gasteiger partial charge in [-0.25, -0.2) is 0 Å². The average Bonchev–Trinajstić information content (AvgIpc) is 2.43. The summed E-state index contributed by atoms with van der Waals surface area (Å²) in [6.07, 6.45) is 0.480. The lowest BCUT2D eigenvalue weighted by Gasteiger charge is -1.93. The highest BCUT2D eigenvalue weighted by molar-refractivity contribution is 6.38. The van der Waals surface area contributed by atoms with Gasteiger partial charge in [-0.05, 0) is 13.7 Å². The quantitative estimate of drug-likeness (QED) is 0.640. The fourth-order valence-corrected chi connectivity index (χ4v) is 0.648. The van der Waals surface area contributed by atoms with Crippen molar-refractivity contribution in [1.29, 1.82) is 0 Å². The van der Waals surface area contributed by atoms with Crippen LogP contribution in [0.3, 0.4) is 0 Å². The van der Waals surface area contributed by atoms with Crippen LogP contribution in [0.1, 0.15) is 34.1 Å². The van der Waals surface area contributed by atoms with Crippen molar-refractivity contribution in [2.24, 2.45) is 0 Å². The molecule has 1 aromatic carbocycles. The zero-order chi connectivity index (χ0) is 15.5. The van der Waals surface area contributed by atoms with E-state index in [1.54, 1.807) is 13.8 Å². The van der Waals surface area contributed by atoms with Crippen molar-refractivity contribution in [3.05, 3.63) is 36.4 Å². The van der Waals surface area contributed by atoms with Gasteiger partial charge < -0.3 is 14.8 Å². The zero-order valence-corrected chi connectivity index (χ0v) is 12.7. The van der Waals surface area contributed by atoms with Crippen molar-refractivity contribution in [2.75, 3.05) is 6.61 Å². The van der Waals surface area contributed by atoms with E-state index in [9.17, 15) is 4.79 Å². The molecule has 0 unspecified atom stereocenters. The molecule has 110 valence electrons. The summed E-state index contributed by atoms with van der Waals surface area (Å²) in [4.78, 5) is 10.2. The van der Waals surface area contributed by atoms with Gasteiger partial charge in [0.2, 0.25) is 0 Å². The van der Waals surface area contributed by atoms with Crippen molar-refractivity contribution in [2.45, 2.75) is 40.9 Å². The van der Waals surface area contributed by atoms with E-state index in [0.717, 1.165) is 0 Å². The molecule has 0 atom stereocenters. The lowest BCUT2D eigenvalue weighted by Crippen LogP contribution is -2.00. The Balaban J connectivity index is -0.000000195. The molecule has 19 heavy (non-hydrogen) atoms. The molecule has 0 radical (unpaired) electrons. The van der Waals surface area contributed by atoms with Crippen LogP contribution in [0, 0.1) is 0 Å². The lowest BCUT2D eigenvalue weighted by atomic mass is 9.99. The SMILES string of the molecule is CB(O)O.CC.CCOC(=O)CC.c1ccccc1. The van der Waals surface area contributed by atoms with Gasteiger partial charge in [0.15, 0.2) is 0 Å². The van der Waals surface area contributed by atoms with Gasteiger partial charge in [0.25, 0.3) is 0 Å². The van der Waals surface area contributed by atoms with E-state index in [1.165, 1.54) is 6.82 Å². The predicted octanol–water partition coefficient (Wildman–Crippen LogP) is 2.76. The van der Waals surface area contributed by atoms with Crippen LogP contribution >= 0.6 is 0 Å². The van der Waals surface area contributed by atoms with Gasteiger partial charge in [-0.2, -0.15) is 0 Å². The smallest absolute Gasteiger partial charge is 0.448 e. The summed E-state index contributed by atoms with van der Waals surface area (Å²) in [6.45, 7) is 9.35. The Bertz CT molecular complexity index is 223. The second-order valence-corrected chi connectivity index (χ2v) is 2.95. The standard InChI is InChI=1S/C6H6.C5H10O2.C2H6.CH5BO2/c1-2-4-6-5-3-1;1-3-5(6)7-4-2;1-2;1-2(3)4/h1-6H;3-4H2,1-2H3;1-2H3;3-4H,1H3. The average molecular weight is 270 g/mol. The highest BCUT2D eigenvalue weighted by Crippen LogP contribution is 1.81. The maximum atomic E-state index is 10.2. The fourth-order valence-electron chi connectivity index (χ4n) is 0.648. The van der Waals surface area contributed by atoms with Crippen LogP contribution in [0.2, 0.25) is 6.82 Å². The molecule has 0 aliphatic carbocycles. The summed E-state index contributed by atoms with van der Waals surface area (Å²) in [6, 6.07) is 12.0. The van der Waals surface area contributed by atoms with E-state index in [0.29, 0.717) is 13.0 Å². The van der Waals surface area contributed by atoms with E-state index in [1.807, 2.05) is 50.2 Å². The topological polar surface area (TPSA) is 66.8 Å². The van der Waals surface area contributed by atoms with Crippen LogP contribution in [0.15, 0.2) is 36.4 Å². The third-order valence-corrected chi connectivity index (χ3v) is 1.26. The van der Waals surface area contributed by atoms with Crippen molar-refractivity contribution in [3.63, 3.8) is 0 Å². The Morgan fingerprint density at radius 3 is 1.37 bits per heavy atom. The fraction of sp³-hybridized carbons (Fsp3) is 0.500. The lowest BCUT2D eigenvalue weighted by molar-refractivity contribution is -0.142. The van der Waals surface area contributed by atoms with Gasteiger partial charge in [0.05, 0.1) is 6.61 Å². The molecule has 0 saturated carbocycles. The number of ether oxygens (including phenoxy) is 1. The Labute approximate surface area is 117 Å². The number of carbonyl (C=O) groups excluding carboxylic acids is 1. The highest BCUT2D eigenvalue weighted by Gasteiger charge is 1.91. The number of rotatable bonds is 2. The molecule has 0 spiro atoms. The molecule has 0 heterocycles. The van der Waals surface area contributed by atoms with E-state index < -0.39 is 7.12 Å². The van der Waals surface area contributed by atoms with Crippen LogP contribution in [-0.2, 0) is 9.53 Å². The summed E-state index contributed by atoms with van der Waals surface area (Å²) in [5.74, 6) is -0.123. The summed E-state index contributed by atoms with van der Waals surface area (Å²) >= 11 is 0. The van der Waals surface area contributed by atoms with Gasteiger partial charge in [-0.1, -0.05) is 57.2 Å². The molecule has 5 heteroatoms. The minimum atomic E-state index is -1.17. The first kappa shape index (κ1) is 22.8. The second-order valence-electron chi connectivity index (χ2n) is 2.95. The van der Waals surface area contributed by atoms with Gasteiger partial charge >= 0.3 is 13.1 Å². The number of hydrogen-bond acceptors (Lipinski definition) is 4. The first-order valence-corrected chi connectivity index (χ1v) is 6.56. The Morgan fingerprint density at radius 1 is 1.00 bits per heavy atom. The number of benzene rings is 1. The normalized spacial score (nSPS) is 7.32. The van der Waals surface area contributed by atoms with Crippen molar-refractivity contribution in [3.8, 4) is 0 Å². The van der Waals surface area contributed by atoms with Crippen molar-refractivity contribution < 1.29 is 19.6 Å². The summed E-state index contributed by atoms with van der Waals surface area (Å²) in [7, 11) is -1.17. The minimum Gasteiger partial charge on any atom is -0.466 e. The van der Waals surface area contributed by atoms with Gasteiger partial charge in [-0.3, -0.25) is 4.79 Å². The van der Waals surface area contributed by atoms with E-state index in [-0.39, 0.29) is 5.97 Å². The predicted molar refractivity (Wildman–Crippen MR) is 80.8 cm³/mol. The number of hydrogen-bond donors (Lipinski definition) is 2. The van der Waals surface area contributed by atoms with E-state index >= 15 is 0 Å². The van der Waals surface area contributed by atoms with Crippen LogP contribution in [0.4, 0.5) is 0 Å². The van der Waals surface area contributed by atoms with Crippen molar-refractivity contribution in [1.82, 2.24) is 0 Å². The van der Waals surface area contributed by atoms with Crippen LogP contribution in [-0.4, -0.2) is 29.7 Å². The molecular weight excluding hydrogens is 243 g/mol. The summed E-state index contributed by atoms with van der Waals surface area (Å²) in [5, 5.41) is 15.2. The molecule has 0 aliphatic rings. The molecule has 0 bridgehead atoms. The molecular formula is C14H27BO4. The Kier molecular flexibility index (Phi) is 26.3. The zero-order valence-electron chi connectivity index (χ0n) is 12.7. The molecule has 4 nitrogen and oxygen atoms in total. The molecule has 1 rings (SSSR count). The third kappa shape index (κ3) is 38.4. The number of carbonyl (C=O) groups is 1. The van der Waals surface area contributed by atoms with Crippen LogP contribution in [0.5, 0.6) is 0 Å². The molecule has 0 aromatic heterocycles. The summed E-state index contributed by atoms with van der Waals surface area (Å²) in [5.41, 5.74) is 0. The highest BCUT2D eigenvalue weighted by atomic mass is 16.5. The van der Waals surface area contributed by atoms with Gasteiger partial charge in [0.1, 0.15) is 0 Å². The molecule has 2 N–H and O–H groups in total. The van der Waals surface area contributed by atoms with Gasteiger partial charge in [-0.15, -0.1) is 0 Å². The Morgan fingerprint density at radius 2 is 1.26 bits per heavy atom. The molecule has 0 fully saturated rings. The number of esters is 1. The molecule has 1 aromatic rings. The molecule has 0 aliphatic heterocycles. The second kappa shape index (κ2) is 21.9. The molecule has 0 saturated heterocycles. The maximum absolute atomic E-state index is 10.2. The Hall–Kier alpha value is -1.33. The molecule has 0 amide bonds. The third-order valence-electron chi connectivity index (χ3n) is 1.26. The first-order valence-electron chi connectivity index (χ1n) is 6.56. The minimum absolute atomic E-state index is 0.123. The van der Waals surface area contributed by atoms with Gasteiger partial charge in [0, 0.05) is 6.42 Å². The van der Waals surface area contributed by atoms with Crippen molar-refractivity contribution >= 4 is 13.1 Å². The van der Waals surface area contributed by atoms with E-state index in [2.05, 4.69) is 4.74 Å². The maximum Gasteiger partial charge on any atom is 0.448 e. The van der Waals surface area contributed by atoms with E-state index in [4.69, 9.17) is 10.0 Å². The van der Waals surface area contributed by atoms with Crippen LogP contribution in [0.25, 0.3) is 0 Å². The first-order chi connectivity index (χ1) is 9.04. The largest absolute Gasteiger partial charge is 0.466 e.